The summed E-state index contributed by atoms with van der Waals surface area (Å²) in [5, 5.41) is 0. The monoisotopic (exact) mass is 301 g/mol. The van der Waals surface area contributed by atoms with E-state index in [1.54, 1.807) is 6.20 Å². The third-order valence-corrected chi connectivity index (χ3v) is 2.81. The largest absolute Gasteiger partial charge is 0.416 e. The summed E-state index contributed by atoms with van der Waals surface area (Å²) in [6.45, 7) is 0.0293. The SMILES string of the molecule is CN(Cc1ncc[nH]1)C(=O)c1cc(C(F)(F)F)ccc1F. The Morgan fingerprint density at radius 2 is 2.10 bits per heavy atom. The van der Waals surface area contributed by atoms with Crippen molar-refractivity contribution in [2.45, 2.75) is 12.7 Å². The van der Waals surface area contributed by atoms with Crippen molar-refractivity contribution in [3.63, 3.8) is 0 Å². The van der Waals surface area contributed by atoms with Gasteiger partial charge in [0.15, 0.2) is 0 Å². The van der Waals surface area contributed by atoms with Crippen LogP contribution in [0.25, 0.3) is 0 Å². The molecule has 2 rings (SSSR count). The van der Waals surface area contributed by atoms with Crippen LogP contribution in [0.5, 0.6) is 0 Å². The molecule has 0 spiro atoms. The summed E-state index contributed by atoms with van der Waals surface area (Å²) in [6.07, 6.45) is -1.63. The lowest BCUT2D eigenvalue weighted by molar-refractivity contribution is -0.137. The van der Waals surface area contributed by atoms with Gasteiger partial charge in [0.05, 0.1) is 17.7 Å². The lowest BCUT2D eigenvalue weighted by Gasteiger charge is -2.17. The molecule has 0 radical (unpaired) electrons. The third kappa shape index (κ3) is 3.39. The van der Waals surface area contributed by atoms with Gasteiger partial charge < -0.3 is 9.88 Å². The Morgan fingerprint density at radius 3 is 2.67 bits per heavy atom. The Morgan fingerprint density at radius 1 is 1.38 bits per heavy atom. The fourth-order valence-corrected chi connectivity index (χ4v) is 1.75. The second kappa shape index (κ2) is 5.55. The lowest BCUT2D eigenvalue weighted by atomic mass is 10.1. The number of aromatic amines is 1. The molecule has 0 unspecified atom stereocenters. The van der Waals surface area contributed by atoms with Crippen LogP contribution in [0.2, 0.25) is 0 Å². The number of halogens is 4. The van der Waals surface area contributed by atoms with E-state index in [1.165, 1.54) is 13.2 Å². The smallest absolute Gasteiger partial charge is 0.347 e. The summed E-state index contributed by atoms with van der Waals surface area (Å²) >= 11 is 0. The molecule has 1 aromatic carbocycles. The van der Waals surface area contributed by atoms with Crippen LogP contribution in [0, 0.1) is 5.82 Å². The Hall–Kier alpha value is -2.38. The number of amides is 1. The fourth-order valence-electron chi connectivity index (χ4n) is 1.75. The van der Waals surface area contributed by atoms with Gasteiger partial charge in [-0.1, -0.05) is 0 Å². The van der Waals surface area contributed by atoms with E-state index in [1.807, 2.05) is 0 Å². The minimum atomic E-state index is -4.64. The molecular formula is C13H11F4N3O. The van der Waals surface area contributed by atoms with Gasteiger partial charge >= 0.3 is 6.18 Å². The number of rotatable bonds is 3. The Bertz CT molecular complexity index is 637. The van der Waals surface area contributed by atoms with Crippen LogP contribution in [0.3, 0.4) is 0 Å². The van der Waals surface area contributed by atoms with Crippen molar-refractivity contribution in [3.05, 3.63) is 53.4 Å². The van der Waals surface area contributed by atoms with E-state index in [9.17, 15) is 22.4 Å². The predicted molar refractivity (Wildman–Crippen MR) is 65.8 cm³/mol. The molecule has 1 amide bonds. The molecule has 1 aromatic heterocycles. The molecule has 2 aromatic rings. The number of benzene rings is 1. The maximum absolute atomic E-state index is 13.6. The van der Waals surface area contributed by atoms with E-state index in [2.05, 4.69) is 9.97 Å². The molecule has 112 valence electrons. The molecule has 8 heteroatoms. The zero-order chi connectivity index (χ0) is 15.6. The molecule has 0 saturated heterocycles. The maximum atomic E-state index is 13.6. The minimum absolute atomic E-state index is 0.0293. The molecule has 4 nitrogen and oxygen atoms in total. The molecule has 21 heavy (non-hydrogen) atoms. The van der Waals surface area contributed by atoms with Crippen LogP contribution < -0.4 is 0 Å². The number of carbonyl (C=O) groups is 1. The molecule has 0 aliphatic heterocycles. The average molecular weight is 301 g/mol. The number of hydrogen-bond donors (Lipinski definition) is 1. The van der Waals surface area contributed by atoms with Crippen molar-refractivity contribution in [1.82, 2.24) is 14.9 Å². The number of alkyl halides is 3. The van der Waals surface area contributed by atoms with Crippen LogP contribution in [0.1, 0.15) is 21.7 Å². The molecule has 1 N–H and O–H groups in total. The molecule has 0 saturated carbocycles. The lowest BCUT2D eigenvalue weighted by Crippen LogP contribution is -2.28. The summed E-state index contributed by atoms with van der Waals surface area (Å²) in [4.78, 5) is 19.8. The van der Waals surface area contributed by atoms with Gasteiger partial charge in [-0.05, 0) is 18.2 Å². The van der Waals surface area contributed by atoms with Gasteiger partial charge in [-0.15, -0.1) is 0 Å². The van der Waals surface area contributed by atoms with Gasteiger partial charge in [0.25, 0.3) is 5.91 Å². The summed E-state index contributed by atoms with van der Waals surface area (Å²) in [5.41, 5.74) is -1.70. The van der Waals surface area contributed by atoms with Crippen LogP contribution in [0.4, 0.5) is 17.6 Å². The zero-order valence-corrected chi connectivity index (χ0v) is 10.9. The highest BCUT2D eigenvalue weighted by molar-refractivity contribution is 5.94. The summed E-state index contributed by atoms with van der Waals surface area (Å²) in [7, 11) is 1.35. The Kier molecular flexibility index (Phi) is 3.97. The normalized spacial score (nSPS) is 11.5. The third-order valence-electron chi connectivity index (χ3n) is 2.81. The van der Waals surface area contributed by atoms with Crippen molar-refractivity contribution >= 4 is 5.91 Å². The molecular weight excluding hydrogens is 290 g/mol. The first kappa shape index (κ1) is 15.0. The van der Waals surface area contributed by atoms with Crippen LogP contribution in [0.15, 0.2) is 30.6 Å². The van der Waals surface area contributed by atoms with E-state index >= 15 is 0 Å². The Balaban J connectivity index is 2.26. The quantitative estimate of drug-likeness (QED) is 0.886. The van der Waals surface area contributed by atoms with Crippen molar-refractivity contribution < 1.29 is 22.4 Å². The summed E-state index contributed by atoms with van der Waals surface area (Å²) in [6, 6.07) is 1.74. The highest BCUT2D eigenvalue weighted by atomic mass is 19.4. The fraction of sp³-hybridized carbons (Fsp3) is 0.231. The van der Waals surface area contributed by atoms with E-state index < -0.39 is 29.0 Å². The summed E-state index contributed by atoms with van der Waals surface area (Å²) in [5.74, 6) is -1.41. The average Bonchev–Trinajstić information content (AvgIpc) is 2.90. The highest BCUT2D eigenvalue weighted by Gasteiger charge is 2.32. The molecule has 0 fully saturated rings. The molecule has 0 bridgehead atoms. The number of hydrogen-bond acceptors (Lipinski definition) is 2. The number of carbonyl (C=O) groups excluding carboxylic acids is 1. The second-order valence-electron chi connectivity index (χ2n) is 4.39. The number of nitrogens with one attached hydrogen (secondary N) is 1. The van der Waals surface area contributed by atoms with E-state index in [0.29, 0.717) is 24.0 Å². The molecule has 1 heterocycles. The van der Waals surface area contributed by atoms with Crippen LogP contribution >= 0.6 is 0 Å². The van der Waals surface area contributed by atoms with Crippen molar-refractivity contribution in [2.75, 3.05) is 7.05 Å². The van der Waals surface area contributed by atoms with Crippen LogP contribution in [-0.4, -0.2) is 27.8 Å². The minimum Gasteiger partial charge on any atom is -0.347 e. The number of imidazole rings is 1. The van der Waals surface area contributed by atoms with E-state index in [4.69, 9.17) is 0 Å². The second-order valence-corrected chi connectivity index (χ2v) is 4.39. The molecule has 0 aliphatic carbocycles. The van der Waals surface area contributed by atoms with E-state index in [0.717, 1.165) is 4.90 Å². The topological polar surface area (TPSA) is 49.0 Å². The van der Waals surface area contributed by atoms with Crippen LogP contribution in [-0.2, 0) is 12.7 Å². The van der Waals surface area contributed by atoms with Crippen molar-refractivity contribution in [2.24, 2.45) is 0 Å². The first-order chi connectivity index (χ1) is 9.79. The number of H-pyrrole nitrogens is 1. The van der Waals surface area contributed by atoms with Gasteiger partial charge in [0, 0.05) is 19.4 Å². The first-order valence-electron chi connectivity index (χ1n) is 5.89. The predicted octanol–water partition coefficient (Wildman–Crippen LogP) is 2.84. The standard InChI is InChI=1S/C13H11F4N3O/c1-20(7-11-18-4-5-19-11)12(21)9-6-8(13(15,16)17)2-3-10(9)14/h2-6H,7H2,1H3,(H,18,19). The number of aromatic nitrogens is 2. The van der Waals surface area contributed by atoms with E-state index in [-0.39, 0.29) is 6.54 Å². The van der Waals surface area contributed by atoms with Crippen molar-refractivity contribution in [3.8, 4) is 0 Å². The van der Waals surface area contributed by atoms with Gasteiger partial charge in [0.1, 0.15) is 11.6 Å². The van der Waals surface area contributed by atoms with Gasteiger partial charge in [-0.2, -0.15) is 13.2 Å². The maximum Gasteiger partial charge on any atom is 0.416 e. The van der Waals surface area contributed by atoms with Gasteiger partial charge in [-0.3, -0.25) is 4.79 Å². The zero-order valence-electron chi connectivity index (χ0n) is 10.9. The molecule has 0 atom stereocenters. The molecule has 0 aliphatic rings. The first-order valence-corrected chi connectivity index (χ1v) is 5.89. The van der Waals surface area contributed by atoms with Crippen molar-refractivity contribution in [1.29, 1.82) is 0 Å². The van der Waals surface area contributed by atoms with Gasteiger partial charge in [-0.25, -0.2) is 9.37 Å². The van der Waals surface area contributed by atoms with Gasteiger partial charge in [0.2, 0.25) is 0 Å². The Labute approximate surface area is 117 Å². The summed E-state index contributed by atoms with van der Waals surface area (Å²) < 4.78 is 51.4. The highest BCUT2D eigenvalue weighted by Crippen LogP contribution is 2.30. The number of nitrogens with zero attached hydrogens (tertiary/aromatic N) is 2.